The Hall–Kier alpha value is -3.29. The molecule has 0 saturated carbocycles. The van der Waals surface area contributed by atoms with Crippen molar-refractivity contribution in [3.63, 3.8) is 0 Å². The molecule has 2 atom stereocenters. The summed E-state index contributed by atoms with van der Waals surface area (Å²) in [5.74, 6) is -1.71. The molecule has 0 saturated heterocycles. The zero-order valence-corrected chi connectivity index (χ0v) is 16.5. The molecule has 4 rings (SSSR count). The van der Waals surface area contributed by atoms with Gasteiger partial charge in [-0.05, 0) is 40.5 Å². The number of halogens is 2. The summed E-state index contributed by atoms with van der Waals surface area (Å²) in [6.07, 6.45) is -4.03. The van der Waals surface area contributed by atoms with Gasteiger partial charge in [0.2, 0.25) is 0 Å². The molecule has 7 heteroatoms. The number of aliphatic hydroxyl groups is 2. The number of rotatable bonds is 6. The van der Waals surface area contributed by atoms with Crippen LogP contribution in [0, 0.1) is 11.6 Å². The van der Waals surface area contributed by atoms with Crippen molar-refractivity contribution >= 4 is 6.09 Å². The van der Waals surface area contributed by atoms with Crippen LogP contribution in [0.1, 0.15) is 28.7 Å². The summed E-state index contributed by atoms with van der Waals surface area (Å²) in [6, 6.07) is 18.4. The lowest BCUT2D eigenvalue weighted by Gasteiger charge is -2.20. The average Bonchev–Trinajstić information content (AvgIpc) is 3.11. The standard InChI is InChI=1S/C24H21F2NO4/c25-14-9-10-21(26)19(11-14)23(29)22(28)12-27-24(30)31-13-20-17-7-3-1-5-15(17)16-6-2-4-8-18(16)20/h1-11,20,22-23,28-29H,12-13H2,(H,27,30). The minimum atomic E-state index is -1.70. The van der Waals surface area contributed by atoms with Crippen LogP contribution in [0.3, 0.4) is 0 Å². The molecule has 0 bridgehead atoms. The van der Waals surface area contributed by atoms with Gasteiger partial charge in [0, 0.05) is 18.0 Å². The van der Waals surface area contributed by atoms with Gasteiger partial charge in [0.15, 0.2) is 0 Å². The predicted molar refractivity (Wildman–Crippen MR) is 110 cm³/mol. The molecule has 31 heavy (non-hydrogen) atoms. The zero-order chi connectivity index (χ0) is 22.0. The zero-order valence-electron chi connectivity index (χ0n) is 16.5. The highest BCUT2D eigenvalue weighted by Gasteiger charge is 2.29. The van der Waals surface area contributed by atoms with Crippen molar-refractivity contribution < 1.29 is 28.5 Å². The fourth-order valence-electron chi connectivity index (χ4n) is 3.90. The van der Waals surface area contributed by atoms with Crippen LogP contribution in [-0.2, 0) is 4.74 Å². The van der Waals surface area contributed by atoms with E-state index in [2.05, 4.69) is 5.32 Å². The lowest BCUT2D eigenvalue weighted by Crippen LogP contribution is -2.36. The van der Waals surface area contributed by atoms with E-state index in [4.69, 9.17) is 4.74 Å². The van der Waals surface area contributed by atoms with Crippen molar-refractivity contribution in [2.24, 2.45) is 0 Å². The van der Waals surface area contributed by atoms with Crippen LogP contribution in [-0.4, -0.2) is 35.6 Å². The summed E-state index contributed by atoms with van der Waals surface area (Å²) in [7, 11) is 0. The SMILES string of the molecule is O=C(NCC(O)C(O)c1cc(F)ccc1F)OCC1c2ccccc2-c2ccccc21. The Morgan fingerprint density at radius 2 is 1.58 bits per heavy atom. The van der Waals surface area contributed by atoms with Crippen molar-refractivity contribution in [2.75, 3.05) is 13.2 Å². The first-order valence-corrected chi connectivity index (χ1v) is 9.85. The molecule has 3 aromatic carbocycles. The minimum absolute atomic E-state index is 0.0943. The molecule has 2 unspecified atom stereocenters. The molecular weight excluding hydrogens is 404 g/mol. The summed E-state index contributed by atoms with van der Waals surface area (Å²) in [5.41, 5.74) is 3.94. The molecule has 160 valence electrons. The Morgan fingerprint density at radius 3 is 2.23 bits per heavy atom. The molecule has 3 aromatic rings. The van der Waals surface area contributed by atoms with Gasteiger partial charge in [0.1, 0.15) is 30.4 Å². The molecule has 3 N–H and O–H groups in total. The van der Waals surface area contributed by atoms with E-state index >= 15 is 0 Å². The summed E-state index contributed by atoms with van der Waals surface area (Å²) in [6.45, 7) is -0.301. The number of fused-ring (bicyclic) bond motifs is 3. The quantitative estimate of drug-likeness (QED) is 0.560. The number of benzene rings is 3. The van der Waals surface area contributed by atoms with Gasteiger partial charge in [0.25, 0.3) is 0 Å². The first-order chi connectivity index (χ1) is 15.0. The largest absolute Gasteiger partial charge is 0.449 e. The van der Waals surface area contributed by atoms with Gasteiger partial charge in [-0.15, -0.1) is 0 Å². The lowest BCUT2D eigenvalue weighted by molar-refractivity contribution is 0.0163. The smallest absolute Gasteiger partial charge is 0.407 e. The predicted octanol–water partition coefficient (Wildman–Crippen LogP) is 3.90. The highest BCUT2D eigenvalue weighted by molar-refractivity contribution is 5.79. The van der Waals surface area contributed by atoms with Crippen LogP contribution in [0.4, 0.5) is 13.6 Å². The maximum atomic E-state index is 13.8. The number of alkyl carbamates (subject to hydrolysis) is 1. The van der Waals surface area contributed by atoms with E-state index in [9.17, 15) is 23.8 Å². The van der Waals surface area contributed by atoms with E-state index in [1.165, 1.54) is 0 Å². The molecule has 5 nitrogen and oxygen atoms in total. The molecule has 0 spiro atoms. The third-order valence-corrected chi connectivity index (χ3v) is 5.44. The molecule has 0 aromatic heterocycles. The van der Waals surface area contributed by atoms with Crippen LogP contribution in [0.25, 0.3) is 11.1 Å². The van der Waals surface area contributed by atoms with Gasteiger partial charge in [-0.2, -0.15) is 0 Å². The van der Waals surface area contributed by atoms with E-state index in [0.29, 0.717) is 0 Å². The molecular formula is C24H21F2NO4. The molecule has 0 radical (unpaired) electrons. The van der Waals surface area contributed by atoms with Crippen molar-refractivity contribution in [1.29, 1.82) is 0 Å². The topological polar surface area (TPSA) is 78.8 Å². The maximum absolute atomic E-state index is 13.8. The number of nitrogens with one attached hydrogen (secondary N) is 1. The van der Waals surface area contributed by atoms with Gasteiger partial charge in [-0.1, -0.05) is 48.5 Å². The van der Waals surface area contributed by atoms with Crippen LogP contribution < -0.4 is 5.32 Å². The minimum Gasteiger partial charge on any atom is -0.449 e. The molecule has 1 aliphatic rings. The number of carbonyl (C=O) groups excluding carboxylic acids is 1. The Labute approximate surface area is 177 Å². The number of hydrogen-bond donors (Lipinski definition) is 3. The normalized spacial score (nSPS) is 14.5. The lowest BCUT2D eigenvalue weighted by atomic mass is 9.98. The summed E-state index contributed by atoms with van der Waals surface area (Å²) >= 11 is 0. The number of amides is 1. The monoisotopic (exact) mass is 425 g/mol. The molecule has 0 heterocycles. The molecule has 0 fully saturated rings. The Bertz CT molecular complexity index is 1060. The third kappa shape index (κ3) is 4.28. The number of ether oxygens (including phenoxy) is 1. The fraction of sp³-hybridized carbons (Fsp3) is 0.208. The van der Waals surface area contributed by atoms with Gasteiger partial charge in [0.05, 0.1) is 0 Å². The summed E-state index contributed by atoms with van der Waals surface area (Å²) in [4.78, 5) is 12.1. The molecule has 1 aliphatic carbocycles. The maximum Gasteiger partial charge on any atom is 0.407 e. The van der Waals surface area contributed by atoms with Gasteiger partial charge in [-0.3, -0.25) is 0 Å². The van der Waals surface area contributed by atoms with E-state index < -0.39 is 36.5 Å². The van der Waals surface area contributed by atoms with E-state index in [-0.39, 0.29) is 18.1 Å². The van der Waals surface area contributed by atoms with E-state index in [0.717, 1.165) is 40.5 Å². The van der Waals surface area contributed by atoms with Crippen LogP contribution in [0.2, 0.25) is 0 Å². The fourth-order valence-corrected chi connectivity index (χ4v) is 3.90. The number of carbonyl (C=O) groups is 1. The third-order valence-electron chi connectivity index (χ3n) is 5.44. The van der Waals surface area contributed by atoms with Crippen LogP contribution >= 0.6 is 0 Å². The van der Waals surface area contributed by atoms with Crippen LogP contribution in [0.15, 0.2) is 66.7 Å². The van der Waals surface area contributed by atoms with Gasteiger partial charge < -0.3 is 20.3 Å². The van der Waals surface area contributed by atoms with Crippen molar-refractivity contribution in [2.45, 2.75) is 18.1 Å². The first-order valence-electron chi connectivity index (χ1n) is 9.85. The second-order valence-corrected chi connectivity index (χ2v) is 7.38. The average molecular weight is 425 g/mol. The Morgan fingerprint density at radius 1 is 0.968 bits per heavy atom. The first kappa shape index (κ1) is 21.0. The van der Waals surface area contributed by atoms with Crippen molar-refractivity contribution in [3.05, 3.63) is 95.1 Å². The summed E-state index contributed by atoms with van der Waals surface area (Å²) < 4.78 is 32.4. The van der Waals surface area contributed by atoms with E-state index in [1.807, 2.05) is 48.5 Å². The van der Waals surface area contributed by atoms with Crippen molar-refractivity contribution in [3.8, 4) is 11.1 Å². The number of hydrogen-bond acceptors (Lipinski definition) is 4. The second-order valence-electron chi connectivity index (χ2n) is 7.38. The molecule has 0 aliphatic heterocycles. The summed E-state index contributed by atoms with van der Waals surface area (Å²) in [5, 5.41) is 22.5. The molecule has 1 amide bonds. The number of aliphatic hydroxyl groups excluding tert-OH is 2. The van der Waals surface area contributed by atoms with E-state index in [1.54, 1.807) is 0 Å². The Balaban J connectivity index is 1.35. The second kappa shape index (κ2) is 8.83. The Kier molecular flexibility index (Phi) is 5.97. The highest BCUT2D eigenvalue weighted by atomic mass is 19.1. The van der Waals surface area contributed by atoms with Gasteiger partial charge in [-0.25, -0.2) is 13.6 Å². The highest BCUT2D eigenvalue weighted by Crippen LogP contribution is 2.44. The van der Waals surface area contributed by atoms with Crippen molar-refractivity contribution in [1.82, 2.24) is 5.32 Å². The van der Waals surface area contributed by atoms with Gasteiger partial charge >= 0.3 is 6.09 Å². The van der Waals surface area contributed by atoms with Crippen LogP contribution in [0.5, 0.6) is 0 Å².